The normalized spacial score (nSPS) is 12.8. The first-order valence-electron chi connectivity index (χ1n) is 11.9. The van der Waals surface area contributed by atoms with Crippen molar-refractivity contribution in [2.75, 3.05) is 0 Å². The van der Waals surface area contributed by atoms with Crippen molar-refractivity contribution in [3.63, 3.8) is 0 Å². The van der Waals surface area contributed by atoms with Crippen LogP contribution in [0.25, 0.3) is 22.5 Å². The Hall–Kier alpha value is -4.25. The van der Waals surface area contributed by atoms with Gasteiger partial charge in [0.1, 0.15) is 5.69 Å². The summed E-state index contributed by atoms with van der Waals surface area (Å²) in [5.74, 6) is -1.59. The first-order chi connectivity index (χ1) is 18.6. The van der Waals surface area contributed by atoms with E-state index in [9.17, 15) is 18.0 Å². The third-order valence-corrected chi connectivity index (χ3v) is 6.05. The third kappa shape index (κ3) is 7.87. The van der Waals surface area contributed by atoms with Gasteiger partial charge in [0.2, 0.25) is 0 Å². The van der Waals surface area contributed by atoms with E-state index in [1.54, 1.807) is 24.8 Å². The second-order valence-corrected chi connectivity index (χ2v) is 9.30. The van der Waals surface area contributed by atoms with Crippen LogP contribution in [0.4, 0.5) is 13.2 Å². The number of aliphatic carboxylic acids is 1. The molecule has 0 aliphatic heterocycles. The second-order valence-electron chi connectivity index (χ2n) is 8.86. The molecule has 0 radical (unpaired) electrons. The van der Waals surface area contributed by atoms with Gasteiger partial charge in [-0.15, -0.1) is 0 Å². The molecule has 1 aromatic carbocycles. The maximum atomic E-state index is 13.0. The molecule has 5 rings (SSSR count). The van der Waals surface area contributed by atoms with E-state index in [4.69, 9.17) is 21.5 Å². The Morgan fingerprint density at radius 2 is 1.69 bits per heavy atom. The van der Waals surface area contributed by atoms with Crippen molar-refractivity contribution in [2.24, 2.45) is 5.92 Å². The molecular weight excluding hydrogens is 535 g/mol. The van der Waals surface area contributed by atoms with Crippen molar-refractivity contribution < 1.29 is 27.9 Å². The third-order valence-electron chi connectivity index (χ3n) is 5.79. The van der Waals surface area contributed by atoms with Crippen LogP contribution >= 0.6 is 11.6 Å². The van der Waals surface area contributed by atoms with E-state index in [0.717, 1.165) is 28.8 Å². The Morgan fingerprint density at radius 3 is 2.26 bits per heavy atom. The molecule has 12 heteroatoms. The minimum atomic E-state index is -5.08. The van der Waals surface area contributed by atoms with Gasteiger partial charge in [-0.25, -0.2) is 14.8 Å². The molecule has 8 nitrogen and oxygen atoms in total. The molecule has 0 unspecified atom stereocenters. The van der Waals surface area contributed by atoms with Crippen molar-refractivity contribution in [1.29, 1.82) is 0 Å². The highest BCUT2D eigenvalue weighted by atomic mass is 35.5. The lowest BCUT2D eigenvalue weighted by atomic mass is 10.1. The second kappa shape index (κ2) is 12.1. The highest BCUT2D eigenvalue weighted by molar-refractivity contribution is 6.30. The Labute approximate surface area is 226 Å². The predicted molar refractivity (Wildman–Crippen MR) is 138 cm³/mol. The zero-order valence-electron chi connectivity index (χ0n) is 20.4. The lowest BCUT2D eigenvalue weighted by molar-refractivity contribution is -0.192. The summed E-state index contributed by atoms with van der Waals surface area (Å²) < 4.78 is 33.8. The lowest BCUT2D eigenvalue weighted by Gasteiger charge is -2.09. The summed E-state index contributed by atoms with van der Waals surface area (Å²) in [5, 5.41) is 10.8. The molecule has 2 N–H and O–H groups in total. The fraction of sp³-hybridized carbons (Fsp3) is 0.222. The molecule has 1 saturated carbocycles. The van der Waals surface area contributed by atoms with Crippen molar-refractivity contribution in [1.82, 2.24) is 24.8 Å². The standard InChI is InChI=1S/C25H22ClN5O.C2HF3O2/c26-22-7-5-17(6-8-22)11-30-25(32)23-10-20(16-31(23)15-18-3-4-18)21-13-28-24(29-14-21)19-2-1-9-27-12-19;3-2(4,5)1(6)7/h1-2,5-10,12-14,16,18H,3-4,11,15H2,(H,30,32);(H,6,7). The van der Waals surface area contributed by atoms with Crippen LogP contribution in [0.1, 0.15) is 28.9 Å². The number of hydrogen-bond donors (Lipinski definition) is 2. The Kier molecular flexibility index (Phi) is 8.60. The van der Waals surface area contributed by atoms with Crippen LogP contribution in [0, 0.1) is 5.92 Å². The number of nitrogens with one attached hydrogen (secondary N) is 1. The molecule has 1 amide bonds. The number of alkyl halides is 3. The van der Waals surface area contributed by atoms with Crippen molar-refractivity contribution >= 4 is 23.5 Å². The van der Waals surface area contributed by atoms with Crippen LogP contribution in [0.15, 0.2) is 73.4 Å². The van der Waals surface area contributed by atoms with Crippen LogP contribution in [0.2, 0.25) is 5.02 Å². The average Bonchev–Trinajstić information content (AvgIpc) is 3.64. The predicted octanol–water partition coefficient (Wildman–Crippen LogP) is 5.63. The van der Waals surface area contributed by atoms with Crippen LogP contribution < -0.4 is 5.32 Å². The molecule has 0 atom stereocenters. The number of carboxylic acid groups (broad SMARTS) is 1. The van der Waals surface area contributed by atoms with Gasteiger partial charge < -0.3 is 15.0 Å². The average molecular weight is 558 g/mol. The molecule has 4 aromatic rings. The van der Waals surface area contributed by atoms with Gasteiger partial charge in [0.15, 0.2) is 5.82 Å². The zero-order chi connectivity index (χ0) is 28.0. The first-order valence-corrected chi connectivity index (χ1v) is 12.2. The Balaban J connectivity index is 0.000000448. The molecule has 1 fully saturated rings. The Bertz CT molecular complexity index is 1420. The maximum Gasteiger partial charge on any atom is 0.490 e. The summed E-state index contributed by atoms with van der Waals surface area (Å²) in [4.78, 5) is 35.0. The number of carbonyl (C=O) groups excluding carboxylic acids is 1. The topological polar surface area (TPSA) is 110 Å². The summed E-state index contributed by atoms with van der Waals surface area (Å²) in [6.07, 6.45) is 6.41. The van der Waals surface area contributed by atoms with Gasteiger partial charge in [-0.3, -0.25) is 9.78 Å². The summed E-state index contributed by atoms with van der Waals surface area (Å²) in [7, 11) is 0. The molecule has 0 spiro atoms. The zero-order valence-corrected chi connectivity index (χ0v) is 21.2. The van der Waals surface area contributed by atoms with E-state index < -0.39 is 12.1 Å². The Morgan fingerprint density at radius 1 is 1.03 bits per heavy atom. The van der Waals surface area contributed by atoms with Gasteiger partial charge in [-0.2, -0.15) is 13.2 Å². The number of amides is 1. The number of rotatable bonds is 7. The molecule has 0 saturated heterocycles. The van der Waals surface area contributed by atoms with Gasteiger partial charge >= 0.3 is 12.1 Å². The minimum absolute atomic E-state index is 0.0975. The van der Waals surface area contributed by atoms with Gasteiger partial charge in [0.25, 0.3) is 5.91 Å². The van der Waals surface area contributed by atoms with Gasteiger partial charge in [0.05, 0.1) is 0 Å². The van der Waals surface area contributed by atoms with E-state index in [-0.39, 0.29) is 5.91 Å². The molecule has 3 heterocycles. The van der Waals surface area contributed by atoms with Crippen LogP contribution in [0.5, 0.6) is 0 Å². The number of benzene rings is 1. The quantitative estimate of drug-likeness (QED) is 0.304. The SMILES string of the molecule is O=C(NCc1ccc(Cl)cc1)c1cc(-c2cnc(-c3cccnc3)nc2)cn1CC1CC1.O=C(O)C(F)(F)F. The van der Waals surface area contributed by atoms with Crippen LogP contribution in [-0.2, 0) is 17.9 Å². The number of hydrogen-bond acceptors (Lipinski definition) is 5. The van der Waals surface area contributed by atoms with E-state index in [0.29, 0.717) is 29.0 Å². The first kappa shape index (κ1) is 27.8. The highest BCUT2D eigenvalue weighted by Crippen LogP contribution is 2.32. The summed E-state index contributed by atoms with van der Waals surface area (Å²) in [6.45, 7) is 1.29. The molecular formula is C27H23ClF3N5O3. The maximum absolute atomic E-state index is 13.0. The van der Waals surface area contributed by atoms with E-state index >= 15 is 0 Å². The number of nitrogens with zero attached hydrogens (tertiary/aromatic N) is 4. The van der Waals surface area contributed by atoms with Crippen LogP contribution in [-0.4, -0.2) is 42.7 Å². The highest BCUT2D eigenvalue weighted by Gasteiger charge is 2.38. The lowest BCUT2D eigenvalue weighted by Crippen LogP contribution is -2.25. The van der Waals surface area contributed by atoms with Crippen molar-refractivity contribution in [3.05, 3.63) is 89.7 Å². The van der Waals surface area contributed by atoms with Gasteiger partial charge in [0, 0.05) is 65.8 Å². The molecule has 3 aromatic heterocycles. The smallest absolute Gasteiger partial charge is 0.475 e. The van der Waals surface area contributed by atoms with Gasteiger partial charge in [-0.05, 0) is 54.7 Å². The fourth-order valence-electron chi connectivity index (χ4n) is 3.58. The largest absolute Gasteiger partial charge is 0.490 e. The number of carbonyl (C=O) groups is 2. The number of carboxylic acids is 1. The van der Waals surface area contributed by atoms with E-state index in [1.165, 1.54) is 12.8 Å². The van der Waals surface area contributed by atoms with Crippen molar-refractivity contribution in [2.45, 2.75) is 32.1 Å². The monoisotopic (exact) mass is 557 g/mol. The summed E-state index contributed by atoms with van der Waals surface area (Å²) in [6, 6.07) is 13.2. The summed E-state index contributed by atoms with van der Waals surface area (Å²) >= 11 is 5.95. The molecule has 202 valence electrons. The van der Waals surface area contributed by atoms with Gasteiger partial charge in [-0.1, -0.05) is 23.7 Å². The molecule has 39 heavy (non-hydrogen) atoms. The molecule has 1 aliphatic carbocycles. The number of pyridine rings is 1. The molecule has 1 aliphatic rings. The van der Waals surface area contributed by atoms with E-state index in [2.05, 4.69) is 24.8 Å². The fourth-order valence-corrected chi connectivity index (χ4v) is 3.71. The summed E-state index contributed by atoms with van der Waals surface area (Å²) in [5.41, 5.74) is 4.33. The van der Waals surface area contributed by atoms with Crippen LogP contribution in [0.3, 0.4) is 0 Å². The number of halogens is 4. The number of aromatic nitrogens is 4. The molecule has 0 bridgehead atoms. The van der Waals surface area contributed by atoms with E-state index in [1.807, 2.05) is 48.7 Å². The minimum Gasteiger partial charge on any atom is -0.475 e. The van der Waals surface area contributed by atoms with Crippen molar-refractivity contribution in [3.8, 4) is 22.5 Å².